The van der Waals surface area contributed by atoms with Gasteiger partial charge in [-0.3, -0.25) is 4.90 Å². The van der Waals surface area contributed by atoms with E-state index in [9.17, 15) is 9.90 Å². The molecule has 1 aliphatic rings. The summed E-state index contributed by atoms with van der Waals surface area (Å²) in [6.45, 7) is 18.8. The molecule has 0 aromatic heterocycles. The molecule has 0 spiro atoms. The number of carbonyl (C=O) groups is 1. The molecule has 0 aliphatic carbocycles. The Kier molecular flexibility index (Phi) is 5.98. The van der Waals surface area contributed by atoms with Crippen LogP contribution in [0.1, 0.15) is 54.9 Å². The number of hydrogen-bond donors (Lipinski definition) is 1. The fraction of sp³-hybridized carbons (Fsp3) is 0.941. The van der Waals surface area contributed by atoms with Crippen LogP contribution < -0.4 is 0 Å². The first kappa shape index (κ1) is 20.5. The van der Waals surface area contributed by atoms with Crippen LogP contribution in [0.25, 0.3) is 0 Å². The number of ether oxygens (including phenoxy) is 1. The number of aliphatic hydroxyl groups is 1. The van der Waals surface area contributed by atoms with E-state index in [-0.39, 0.29) is 23.3 Å². The standard InChI is InChI=1S/C17H35NO4Si/c1-12(19)14-13(22-23(8,9)17(5,6)7)10-11-18(14)15(20)21-16(2,3)4/h12-14,19H,10-11H2,1-9H3/t12-,13?,14?/m1/s1. The first-order valence-electron chi connectivity index (χ1n) is 8.51. The van der Waals surface area contributed by atoms with Gasteiger partial charge in [0.05, 0.1) is 18.2 Å². The summed E-state index contributed by atoms with van der Waals surface area (Å²) in [6.07, 6.45) is -0.422. The number of nitrogens with zero attached hydrogens (tertiary/aromatic N) is 1. The maximum Gasteiger partial charge on any atom is 0.410 e. The van der Waals surface area contributed by atoms with Gasteiger partial charge < -0.3 is 14.3 Å². The molecule has 5 nitrogen and oxygen atoms in total. The summed E-state index contributed by atoms with van der Waals surface area (Å²) in [6, 6.07) is -0.348. The molecule has 1 amide bonds. The highest BCUT2D eigenvalue weighted by atomic mass is 28.4. The van der Waals surface area contributed by atoms with Crippen molar-refractivity contribution < 1.29 is 19.1 Å². The maximum absolute atomic E-state index is 12.4. The smallest absolute Gasteiger partial charge is 0.410 e. The summed E-state index contributed by atoms with van der Waals surface area (Å²) < 4.78 is 12.0. The lowest BCUT2D eigenvalue weighted by Crippen LogP contribution is -2.52. The van der Waals surface area contributed by atoms with Crippen molar-refractivity contribution in [2.24, 2.45) is 0 Å². The Morgan fingerprint density at radius 1 is 1.22 bits per heavy atom. The minimum atomic E-state index is -1.96. The zero-order valence-electron chi connectivity index (χ0n) is 16.3. The van der Waals surface area contributed by atoms with E-state index in [0.717, 1.165) is 6.42 Å². The molecule has 0 aromatic rings. The van der Waals surface area contributed by atoms with Gasteiger partial charge in [0.25, 0.3) is 0 Å². The van der Waals surface area contributed by atoms with Crippen molar-refractivity contribution in [2.75, 3.05) is 6.54 Å². The van der Waals surface area contributed by atoms with Crippen LogP contribution in [0.5, 0.6) is 0 Å². The van der Waals surface area contributed by atoms with Crippen LogP contribution in [0, 0.1) is 0 Å². The Labute approximate surface area is 142 Å². The number of hydrogen-bond acceptors (Lipinski definition) is 4. The highest BCUT2D eigenvalue weighted by Gasteiger charge is 2.47. The van der Waals surface area contributed by atoms with Gasteiger partial charge in [0, 0.05) is 6.54 Å². The lowest BCUT2D eigenvalue weighted by Gasteiger charge is -2.41. The lowest BCUT2D eigenvalue weighted by molar-refractivity contribution is -0.00811. The van der Waals surface area contributed by atoms with Crippen molar-refractivity contribution in [2.45, 2.75) is 96.9 Å². The molecule has 1 rings (SSSR count). The van der Waals surface area contributed by atoms with Gasteiger partial charge in [0.2, 0.25) is 0 Å². The van der Waals surface area contributed by atoms with Crippen molar-refractivity contribution in [3.8, 4) is 0 Å². The molecular weight excluding hydrogens is 310 g/mol. The van der Waals surface area contributed by atoms with E-state index in [1.165, 1.54) is 0 Å². The van der Waals surface area contributed by atoms with Gasteiger partial charge in [0.15, 0.2) is 8.32 Å². The Balaban J connectivity index is 2.91. The number of aliphatic hydroxyl groups excluding tert-OH is 1. The second-order valence-corrected chi connectivity index (χ2v) is 13.9. The lowest BCUT2D eigenvalue weighted by atomic mass is 10.1. The van der Waals surface area contributed by atoms with Crippen LogP contribution in [0.2, 0.25) is 18.1 Å². The fourth-order valence-electron chi connectivity index (χ4n) is 2.58. The molecule has 1 saturated heterocycles. The third kappa shape index (κ3) is 5.19. The Morgan fingerprint density at radius 2 is 1.74 bits per heavy atom. The summed E-state index contributed by atoms with van der Waals surface area (Å²) >= 11 is 0. The van der Waals surface area contributed by atoms with E-state index in [0.29, 0.717) is 6.54 Å². The van der Waals surface area contributed by atoms with Crippen molar-refractivity contribution >= 4 is 14.4 Å². The zero-order valence-corrected chi connectivity index (χ0v) is 17.3. The highest BCUT2D eigenvalue weighted by Crippen LogP contribution is 2.39. The topological polar surface area (TPSA) is 59.0 Å². The van der Waals surface area contributed by atoms with Crippen LogP contribution in [0.15, 0.2) is 0 Å². The molecule has 1 aliphatic heterocycles. The molecule has 23 heavy (non-hydrogen) atoms. The number of rotatable bonds is 3. The van der Waals surface area contributed by atoms with E-state index < -0.39 is 20.0 Å². The van der Waals surface area contributed by atoms with E-state index in [1.54, 1.807) is 11.8 Å². The monoisotopic (exact) mass is 345 g/mol. The zero-order chi connectivity index (χ0) is 18.2. The van der Waals surface area contributed by atoms with Gasteiger partial charge in [-0.1, -0.05) is 20.8 Å². The molecule has 1 heterocycles. The highest BCUT2D eigenvalue weighted by molar-refractivity contribution is 6.74. The summed E-state index contributed by atoms with van der Waals surface area (Å²) in [4.78, 5) is 14.1. The van der Waals surface area contributed by atoms with Crippen LogP contribution in [-0.4, -0.2) is 54.8 Å². The van der Waals surface area contributed by atoms with E-state index >= 15 is 0 Å². The predicted octanol–water partition coefficient (Wildman–Crippen LogP) is 3.77. The van der Waals surface area contributed by atoms with Crippen molar-refractivity contribution in [3.63, 3.8) is 0 Å². The molecule has 1 fully saturated rings. The quantitative estimate of drug-likeness (QED) is 0.791. The number of amides is 1. The van der Waals surface area contributed by atoms with Crippen LogP contribution in [0.4, 0.5) is 4.79 Å². The molecule has 3 atom stereocenters. The van der Waals surface area contributed by atoms with Crippen molar-refractivity contribution in [1.29, 1.82) is 0 Å². The average molecular weight is 346 g/mol. The normalized spacial score (nSPS) is 24.7. The Morgan fingerprint density at radius 3 is 2.13 bits per heavy atom. The summed E-state index contributed by atoms with van der Waals surface area (Å²) in [5.41, 5.74) is -0.543. The molecule has 136 valence electrons. The average Bonchev–Trinajstić information content (AvgIpc) is 2.67. The van der Waals surface area contributed by atoms with Crippen LogP contribution >= 0.6 is 0 Å². The SMILES string of the molecule is C[C@@H](O)C1C(O[Si](C)(C)C(C)(C)C)CCN1C(=O)OC(C)(C)C. The molecule has 2 unspecified atom stereocenters. The summed E-state index contributed by atoms with van der Waals surface area (Å²) in [5.74, 6) is 0. The number of carbonyl (C=O) groups excluding carboxylic acids is 1. The van der Waals surface area contributed by atoms with Crippen LogP contribution in [0.3, 0.4) is 0 Å². The van der Waals surface area contributed by atoms with Gasteiger partial charge in [-0.15, -0.1) is 0 Å². The first-order valence-corrected chi connectivity index (χ1v) is 11.4. The first-order chi connectivity index (χ1) is 10.2. The molecule has 1 N–H and O–H groups in total. The molecule has 0 saturated carbocycles. The van der Waals surface area contributed by atoms with Gasteiger partial charge >= 0.3 is 6.09 Å². The fourth-order valence-corrected chi connectivity index (χ4v) is 3.94. The molecule has 0 radical (unpaired) electrons. The van der Waals surface area contributed by atoms with E-state index in [2.05, 4.69) is 33.9 Å². The van der Waals surface area contributed by atoms with E-state index in [4.69, 9.17) is 9.16 Å². The van der Waals surface area contributed by atoms with Gasteiger partial charge in [-0.05, 0) is 52.2 Å². The molecule has 6 heteroatoms. The second-order valence-electron chi connectivity index (χ2n) is 9.11. The summed E-state index contributed by atoms with van der Waals surface area (Å²) in [7, 11) is -1.96. The third-order valence-electron chi connectivity index (χ3n) is 4.77. The Hall–Kier alpha value is -0.593. The largest absolute Gasteiger partial charge is 0.444 e. The molecule has 0 bridgehead atoms. The van der Waals surface area contributed by atoms with Gasteiger partial charge in [-0.2, -0.15) is 0 Å². The van der Waals surface area contributed by atoms with E-state index in [1.807, 2.05) is 20.8 Å². The second kappa shape index (κ2) is 6.73. The van der Waals surface area contributed by atoms with Gasteiger partial charge in [-0.25, -0.2) is 4.79 Å². The Bertz CT molecular complexity index is 423. The predicted molar refractivity (Wildman–Crippen MR) is 95.1 cm³/mol. The van der Waals surface area contributed by atoms with Crippen molar-refractivity contribution in [3.05, 3.63) is 0 Å². The molecule has 0 aromatic carbocycles. The molecular formula is C17H35NO4Si. The van der Waals surface area contributed by atoms with Crippen molar-refractivity contribution in [1.82, 2.24) is 4.90 Å². The van der Waals surface area contributed by atoms with Crippen LogP contribution in [-0.2, 0) is 9.16 Å². The number of likely N-dealkylation sites (tertiary alicyclic amines) is 1. The minimum absolute atomic E-state index is 0.0928. The minimum Gasteiger partial charge on any atom is -0.444 e. The maximum atomic E-state index is 12.4. The summed E-state index contributed by atoms with van der Waals surface area (Å²) in [5, 5.41) is 10.3. The third-order valence-corrected chi connectivity index (χ3v) is 9.27. The van der Waals surface area contributed by atoms with Gasteiger partial charge in [0.1, 0.15) is 5.60 Å².